The van der Waals surface area contributed by atoms with Crippen molar-refractivity contribution in [2.24, 2.45) is 0 Å². The number of carbonyl (C=O) groups is 1. The summed E-state index contributed by atoms with van der Waals surface area (Å²) >= 11 is 6.04. The van der Waals surface area contributed by atoms with Crippen molar-refractivity contribution in [3.05, 3.63) is 89.5 Å². The monoisotopic (exact) mass is 449 g/mol. The van der Waals surface area contributed by atoms with E-state index in [2.05, 4.69) is 25.1 Å². The summed E-state index contributed by atoms with van der Waals surface area (Å²) in [5.41, 5.74) is 2.65. The first-order valence-corrected chi connectivity index (χ1v) is 10.7. The fraction of sp³-hybridized carbons (Fsp3) is 0.208. The summed E-state index contributed by atoms with van der Waals surface area (Å²) in [4.78, 5) is 17.2. The minimum Gasteiger partial charge on any atom is -0.377 e. The standard InChI is InChI=1S/C24H24ClN5O2/c1-32-16-22-27-24(29-28-22)18-6-10-21(11-7-18)26-23(31)14-19(15-30-12-2-3-13-30)17-4-8-20(25)9-5-17/h2-13,19H,14-16H2,1H3,(H,26,31)(H,27,28,29)/t19-/m1/s1. The second kappa shape index (κ2) is 10.3. The highest BCUT2D eigenvalue weighted by Gasteiger charge is 2.17. The number of H-pyrrole nitrogens is 1. The van der Waals surface area contributed by atoms with Crippen molar-refractivity contribution in [3.8, 4) is 11.4 Å². The van der Waals surface area contributed by atoms with Gasteiger partial charge in [-0.25, -0.2) is 4.98 Å². The number of rotatable bonds is 9. The molecule has 0 aliphatic carbocycles. The number of nitrogens with one attached hydrogen (secondary N) is 2. The van der Waals surface area contributed by atoms with Gasteiger partial charge in [-0.2, -0.15) is 5.10 Å². The summed E-state index contributed by atoms with van der Waals surface area (Å²) in [5, 5.41) is 10.7. The smallest absolute Gasteiger partial charge is 0.225 e. The number of anilines is 1. The SMILES string of the molecule is COCc1nc(-c2ccc(NC(=O)C[C@H](Cn3cccc3)c3ccc(Cl)cc3)cc2)n[nH]1. The normalized spacial score (nSPS) is 11.9. The third-order valence-electron chi connectivity index (χ3n) is 5.11. The number of hydrogen-bond donors (Lipinski definition) is 2. The first-order chi connectivity index (χ1) is 15.6. The molecular formula is C24H24ClN5O2. The zero-order valence-electron chi connectivity index (χ0n) is 17.7. The maximum atomic E-state index is 12.8. The lowest BCUT2D eigenvalue weighted by atomic mass is 9.95. The van der Waals surface area contributed by atoms with Crippen molar-refractivity contribution in [1.29, 1.82) is 0 Å². The van der Waals surface area contributed by atoms with Gasteiger partial charge in [-0.3, -0.25) is 9.89 Å². The molecule has 0 fully saturated rings. The highest BCUT2D eigenvalue weighted by Crippen LogP contribution is 2.25. The van der Waals surface area contributed by atoms with Gasteiger partial charge in [0.25, 0.3) is 0 Å². The van der Waals surface area contributed by atoms with Gasteiger partial charge in [-0.15, -0.1) is 0 Å². The molecule has 0 saturated carbocycles. The highest BCUT2D eigenvalue weighted by molar-refractivity contribution is 6.30. The highest BCUT2D eigenvalue weighted by atomic mass is 35.5. The molecular weight excluding hydrogens is 426 g/mol. The fourth-order valence-electron chi connectivity index (χ4n) is 3.53. The topological polar surface area (TPSA) is 84.8 Å². The van der Waals surface area contributed by atoms with Gasteiger partial charge in [0.15, 0.2) is 11.6 Å². The van der Waals surface area contributed by atoms with Crippen LogP contribution in [0.4, 0.5) is 5.69 Å². The van der Waals surface area contributed by atoms with Crippen molar-refractivity contribution in [2.45, 2.75) is 25.5 Å². The lowest BCUT2D eigenvalue weighted by Crippen LogP contribution is -2.18. The zero-order valence-corrected chi connectivity index (χ0v) is 18.4. The van der Waals surface area contributed by atoms with Gasteiger partial charge in [0.1, 0.15) is 6.61 Å². The first-order valence-electron chi connectivity index (χ1n) is 10.3. The molecule has 164 valence electrons. The molecule has 2 aromatic heterocycles. The lowest BCUT2D eigenvalue weighted by Gasteiger charge is -2.18. The molecule has 1 amide bonds. The minimum atomic E-state index is -0.0508. The largest absolute Gasteiger partial charge is 0.377 e. The molecule has 1 atom stereocenters. The number of hydrogen-bond acceptors (Lipinski definition) is 4. The van der Waals surface area contributed by atoms with Gasteiger partial charge in [0.2, 0.25) is 5.91 Å². The van der Waals surface area contributed by atoms with E-state index in [0.29, 0.717) is 36.2 Å². The van der Waals surface area contributed by atoms with Gasteiger partial charge in [0.05, 0.1) is 0 Å². The van der Waals surface area contributed by atoms with Gasteiger partial charge in [-0.05, 0) is 54.1 Å². The molecule has 0 spiro atoms. The average Bonchev–Trinajstić information content (AvgIpc) is 3.47. The number of aromatic nitrogens is 4. The second-order valence-corrected chi connectivity index (χ2v) is 7.93. The number of ether oxygens (including phenoxy) is 1. The molecule has 8 heteroatoms. The lowest BCUT2D eigenvalue weighted by molar-refractivity contribution is -0.116. The molecule has 0 aliphatic rings. The Labute approximate surface area is 191 Å². The van der Waals surface area contributed by atoms with Gasteiger partial charge < -0.3 is 14.6 Å². The molecule has 0 radical (unpaired) electrons. The van der Waals surface area contributed by atoms with Gasteiger partial charge >= 0.3 is 0 Å². The van der Waals surface area contributed by atoms with E-state index in [1.165, 1.54) is 0 Å². The molecule has 32 heavy (non-hydrogen) atoms. The molecule has 4 rings (SSSR count). The Hall–Kier alpha value is -3.42. The Kier molecular flexibility index (Phi) is 6.99. The average molecular weight is 450 g/mol. The van der Waals surface area contributed by atoms with Crippen molar-refractivity contribution >= 4 is 23.2 Å². The van der Waals surface area contributed by atoms with Crippen LogP contribution in [-0.2, 0) is 22.7 Å². The number of nitrogens with zero attached hydrogens (tertiary/aromatic N) is 3. The van der Waals surface area contributed by atoms with E-state index in [-0.39, 0.29) is 11.8 Å². The Balaban J connectivity index is 1.42. The van der Waals surface area contributed by atoms with E-state index in [1.807, 2.05) is 73.1 Å². The number of amides is 1. The number of methoxy groups -OCH3 is 1. The Bertz CT molecular complexity index is 1140. The molecule has 0 saturated heterocycles. The minimum absolute atomic E-state index is 0.0198. The molecule has 0 aliphatic heterocycles. The number of benzene rings is 2. The van der Waals surface area contributed by atoms with Crippen LogP contribution >= 0.6 is 11.6 Å². The summed E-state index contributed by atoms with van der Waals surface area (Å²) in [5.74, 6) is 1.22. The van der Waals surface area contributed by atoms with E-state index < -0.39 is 0 Å². The summed E-state index contributed by atoms with van der Waals surface area (Å²) in [7, 11) is 1.61. The maximum absolute atomic E-state index is 12.8. The van der Waals surface area contributed by atoms with Crippen LogP contribution in [0.3, 0.4) is 0 Å². The van der Waals surface area contributed by atoms with Crippen molar-refractivity contribution in [3.63, 3.8) is 0 Å². The quantitative estimate of drug-likeness (QED) is 0.381. The number of carbonyl (C=O) groups excluding carboxylic acids is 1. The predicted molar refractivity (Wildman–Crippen MR) is 124 cm³/mol. The Morgan fingerprint density at radius 3 is 2.53 bits per heavy atom. The first kappa shape index (κ1) is 21.8. The van der Waals surface area contributed by atoms with Crippen LogP contribution < -0.4 is 5.32 Å². The Morgan fingerprint density at radius 1 is 1.12 bits per heavy atom. The summed E-state index contributed by atoms with van der Waals surface area (Å²) in [6.07, 6.45) is 4.35. The van der Waals surface area contributed by atoms with Gasteiger partial charge in [-0.1, -0.05) is 23.7 Å². The fourth-order valence-corrected chi connectivity index (χ4v) is 3.66. The maximum Gasteiger partial charge on any atom is 0.225 e. The van der Waals surface area contributed by atoms with Crippen molar-refractivity contribution < 1.29 is 9.53 Å². The predicted octanol–water partition coefficient (Wildman–Crippen LogP) is 4.89. The summed E-state index contributed by atoms with van der Waals surface area (Å²) in [6.45, 7) is 1.08. The second-order valence-electron chi connectivity index (χ2n) is 7.50. The molecule has 4 aromatic rings. The third kappa shape index (κ3) is 5.63. The van der Waals surface area contributed by atoms with Crippen molar-refractivity contribution in [1.82, 2.24) is 19.7 Å². The van der Waals surface area contributed by atoms with Gasteiger partial charge in [0, 0.05) is 54.7 Å². The third-order valence-corrected chi connectivity index (χ3v) is 5.36. The molecule has 0 unspecified atom stereocenters. The van der Waals surface area contributed by atoms with Crippen LogP contribution in [0.25, 0.3) is 11.4 Å². The van der Waals surface area contributed by atoms with E-state index >= 15 is 0 Å². The van der Waals surface area contributed by atoms with Crippen LogP contribution in [0, 0.1) is 0 Å². The van der Waals surface area contributed by atoms with Crippen LogP contribution in [0.2, 0.25) is 5.02 Å². The molecule has 2 aromatic carbocycles. The zero-order chi connectivity index (χ0) is 22.3. The number of halogens is 1. The van der Waals surface area contributed by atoms with Crippen LogP contribution in [0.5, 0.6) is 0 Å². The summed E-state index contributed by atoms with van der Waals surface area (Å²) in [6, 6.07) is 19.1. The number of aromatic amines is 1. The van der Waals surface area contributed by atoms with Crippen LogP contribution in [0.15, 0.2) is 73.1 Å². The summed E-state index contributed by atoms with van der Waals surface area (Å²) < 4.78 is 7.13. The van der Waals surface area contributed by atoms with Crippen molar-refractivity contribution in [2.75, 3.05) is 12.4 Å². The Morgan fingerprint density at radius 2 is 1.84 bits per heavy atom. The van der Waals surface area contributed by atoms with E-state index in [4.69, 9.17) is 16.3 Å². The van der Waals surface area contributed by atoms with Crippen LogP contribution in [-0.4, -0.2) is 32.8 Å². The molecule has 2 heterocycles. The molecule has 2 N–H and O–H groups in total. The van der Waals surface area contributed by atoms with E-state index in [1.54, 1.807) is 7.11 Å². The molecule has 7 nitrogen and oxygen atoms in total. The van der Waals surface area contributed by atoms with Crippen LogP contribution in [0.1, 0.15) is 23.7 Å². The molecule has 0 bridgehead atoms. The van der Waals surface area contributed by atoms with E-state index in [0.717, 1.165) is 16.8 Å². The van der Waals surface area contributed by atoms with E-state index in [9.17, 15) is 4.79 Å².